The number of hydrogen-bond acceptors (Lipinski definition) is 3. The van der Waals surface area contributed by atoms with Crippen LogP contribution in [0.1, 0.15) is 24.4 Å². The van der Waals surface area contributed by atoms with Crippen molar-refractivity contribution in [2.24, 2.45) is 17.6 Å². The number of fused-ring (bicyclic) bond motifs is 4. The van der Waals surface area contributed by atoms with Gasteiger partial charge in [0.1, 0.15) is 0 Å². The van der Waals surface area contributed by atoms with Crippen LogP contribution < -0.4 is 5.73 Å². The minimum Gasteiger partial charge on any atom is -0.323 e. The number of piperidine rings is 3. The summed E-state index contributed by atoms with van der Waals surface area (Å²) in [4.78, 5) is 7.04. The van der Waals surface area contributed by atoms with E-state index in [2.05, 4.69) is 46.8 Å². The van der Waals surface area contributed by atoms with Crippen molar-refractivity contribution in [3.05, 3.63) is 54.7 Å². The van der Waals surface area contributed by atoms with Gasteiger partial charge in [0.25, 0.3) is 0 Å². The van der Waals surface area contributed by atoms with Crippen LogP contribution in [0.2, 0.25) is 0 Å². The first-order valence-corrected chi connectivity index (χ1v) is 8.24. The normalized spacial score (nSPS) is 30.7. The first kappa shape index (κ1) is 16.4. The van der Waals surface area contributed by atoms with Crippen LogP contribution in [0.25, 0.3) is 10.9 Å². The Labute approximate surface area is 144 Å². The highest BCUT2D eigenvalue weighted by molar-refractivity contribution is 5.85. The lowest BCUT2D eigenvalue weighted by Crippen LogP contribution is -2.56. The first-order valence-electron chi connectivity index (χ1n) is 8.24. The number of pyridine rings is 1. The van der Waals surface area contributed by atoms with Gasteiger partial charge in [0.05, 0.1) is 5.52 Å². The number of rotatable bonds is 3. The fourth-order valence-corrected chi connectivity index (χ4v) is 4.37. The highest BCUT2D eigenvalue weighted by Gasteiger charge is 2.41. The minimum absolute atomic E-state index is 0. The summed E-state index contributed by atoms with van der Waals surface area (Å²) in [5, 5.41) is 1.19. The summed E-state index contributed by atoms with van der Waals surface area (Å²) in [5.74, 6) is 1.40. The van der Waals surface area contributed by atoms with Gasteiger partial charge in [-0.3, -0.25) is 9.88 Å². The zero-order chi connectivity index (χ0) is 15.1. The van der Waals surface area contributed by atoms with Gasteiger partial charge in [0.15, 0.2) is 0 Å². The molecule has 0 spiro atoms. The molecule has 3 saturated heterocycles. The number of para-hydroxylation sites is 1. The van der Waals surface area contributed by atoms with E-state index in [1.807, 2.05) is 12.3 Å². The molecule has 3 aliphatic rings. The summed E-state index contributed by atoms with van der Waals surface area (Å²) in [6.45, 7) is 6.30. The van der Waals surface area contributed by atoms with Crippen molar-refractivity contribution in [3.63, 3.8) is 0 Å². The van der Waals surface area contributed by atoms with Crippen LogP contribution in [0.4, 0.5) is 0 Å². The van der Waals surface area contributed by atoms with Gasteiger partial charge < -0.3 is 5.73 Å². The summed E-state index contributed by atoms with van der Waals surface area (Å²) in [6, 6.07) is 10.9. The summed E-state index contributed by atoms with van der Waals surface area (Å²) in [5.41, 5.74) is 8.99. The predicted molar refractivity (Wildman–Crippen MR) is 97.7 cm³/mol. The summed E-state index contributed by atoms with van der Waals surface area (Å²) < 4.78 is 0. The fraction of sp³-hybridized carbons (Fsp3) is 0.421. The van der Waals surface area contributed by atoms with Crippen LogP contribution in [0.3, 0.4) is 0 Å². The average molecular weight is 330 g/mol. The summed E-state index contributed by atoms with van der Waals surface area (Å²) in [6.07, 6.45) is 6.51. The lowest BCUT2D eigenvalue weighted by molar-refractivity contribution is 0.00749. The molecule has 3 nitrogen and oxygen atoms in total. The number of nitrogens with two attached hydrogens (primary N) is 1. The van der Waals surface area contributed by atoms with Crippen molar-refractivity contribution in [2.75, 3.05) is 13.1 Å². The fourth-order valence-electron chi connectivity index (χ4n) is 4.37. The van der Waals surface area contributed by atoms with Gasteiger partial charge in [-0.05, 0) is 48.9 Å². The van der Waals surface area contributed by atoms with E-state index >= 15 is 0 Å². The van der Waals surface area contributed by atoms with Crippen LogP contribution in [-0.4, -0.2) is 29.0 Å². The maximum absolute atomic E-state index is 6.71. The molecule has 4 heteroatoms. The first-order chi connectivity index (χ1) is 10.8. The minimum atomic E-state index is 0. The Morgan fingerprint density at radius 1 is 1.30 bits per heavy atom. The average Bonchev–Trinajstić information content (AvgIpc) is 2.60. The molecule has 23 heavy (non-hydrogen) atoms. The van der Waals surface area contributed by atoms with Crippen molar-refractivity contribution < 1.29 is 0 Å². The molecule has 1 aromatic carbocycles. The summed E-state index contributed by atoms with van der Waals surface area (Å²) >= 11 is 0. The topological polar surface area (TPSA) is 42.1 Å². The second-order valence-corrected chi connectivity index (χ2v) is 6.69. The summed E-state index contributed by atoms with van der Waals surface area (Å²) in [7, 11) is 0. The molecular formula is C19H24ClN3. The van der Waals surface area contributed by atoms with Crippen molar-refractivity contribution in [1.29, 1.82) is 0 Å². The molecule has 5 unspecified atom stereocenters. The number of halogens is 1. The van der Waals surface area contributed by atoms with Crippen LogP contribution in [0.5, 0.6) is 0 Å². The monoisotopic (exact) mass is 329 g/mol. The van der Waals surface area contributed by atoms with Crippen LogP contribution in [0.15, 0.2) is 49.2 Å². The number of aromatic nitrogens is 1. The molecule has 5 atom stereocenters. The third-order valence-electron chi connectivity index (χ3n) is 5.61. The van der Waals surface area contributed by atoms with E-state index in [0.717, 1.165) is 18.0 Å². The molecule has 3 fully saturated rings. The van der Waals surface area contributed by atoms with Gasteiger partial charge in [0.2, 0.25) is 0 Å². The predicted octanol–water partition coefficient (Wildman–Crippen LogP) is 3.55. The van der Waals surface area contributed by atoms with Gasteiger partial charge in [-0.15, -0.1) is 19.0 Å². The van der Waals surface area contributed by atoms with Crippen LogP contribution >= 0.6 is 12.4 Å². The Morgan fingerprint density at radius 2 is 2.13 bits per heavy atom. The van der Waals surface area contributed by atoms with E-state index in [1.54, 1.807) is 0 Å². The van der Waals surface area contributed by atoms with Crippen LogP contribution in [0, 0.1) is 11.8 Å². The number of benzene rings is 1. The molecule has 1 aromatic heterocycles. The second kappa shape index (κ2) is 6.60. The molecule has 2 N–H and O–H groups in total. The SMILES string of the molecule is C=CC1CN2CCC1CC2C(N)c1ccnc2ccccc12.Cl. The van der Waals surface area contributed by atoms with Gasteiger partial charge in [0, 0.05) is 30.2 Å². The maximum atomic E-state index is 6.71. The lowest BCUT2D eigenvalue weighted by atomic mass is 9.73. The quantitative estimate of drug-likeness (QED) is 0.876. The lowest BCUT2D eigenvalue weighted by Gasteiger charge is -2.51. The Bertz CT molecular complexity index is 697. The molecule has 0 radical (unpaired) electrons. The highest BCUT2D eigenvalue weighted by Crippen LogP contribution is 2.41. The van der Waals surface area contributed by atoms with Gasteiger partial charge in [-0.25, -0.2) is 0 Å². The third-order valence-corrected chi connectivity index (χ3v) is 5.61. The van der Waals surface area contributed by atoms with Crippen molar-refractivity contribution in [3.8, 4) is 0 Å². The molecule has 2 bridgehead atoms. The zero-order valence-corrected chi connectivity index (χ0v) is 14.1. The molecule has 0 amide bonds. The highest BCUT2D eigenvalue weighted by atomic mass is 35.5. The van der Waals surface area contributed by atoms with Crippen molar-refractivity contribution >= 4 is 23.3 Å². The van der Waals surface area contributed by atoms with E-state index in [1.165, 1.54) is 30.3 Å². The third kappa shape index (κ3) is 2.78. The van der Waals surface area contributed by atoms with Gasteiger partial charge in [-0.2, -0.15) is 0 Å². The maximum Gasteiger partial charge on any atom is 0.0705 e. The van der Waals surface area contributed by atoms with E-state index < -0.39 is 0 Å². The van der Waals surface area contributed by atoms with E-state index in [9.17, 15) is 0 Å². The second-order valence-electron chi connectivity index (χ2n) is 6.69. The molecular weight excluding hydrogens is 306 g/mol. The Kier molecular flexibility index (Phi) is 4.72. The molecule has 0 saturated carbocycles. The molecule has 3 aliphatic heterocycles. The van der Waals surface area contributed by atoms with E-state index in [4.69, 9.17) is 5.73 Å². The molecule has 122 valence electrons. The number of nitrogens with zero attached hydrogens (tertiary/aromatic N) is 2. The molecule has 2 aromatic rings. The van der Waals surface area contributed by atoms with E-state index in [-0.39, 0.29) is 18.4 Å². The zero-order valence-electron chi connectivity index (χ0n) is 13.3. The molecule has 0 aliphatic carbocycles. The molecule has 5 rings (SSSR count). The van der Waals surface area contributed by atoms with Gasteiger partial charge >= 0.3 is 0 Å². The van der Waals surface area contributed by atoms with Gasteiger partial charge in [-0.1, -0.05) is 24.3 Å². The van der Waals surface area contributed by atoms with Crippen molar-refractivity contribution in [1.82, 2.24) is 9.88 Å². The Balaban J connectivity index is 0.00000156. The standard InChI is InChI=1S/C19H23N3.ClH/c1-2-13-12-22-10-8-14(13)11-18(22)19(20)16-7-9-21-17-6-4-3-5-15(16)17;/h2-7,9,13-14,18-19H,1,8,10-12,20H2;1H. The van der Waals surface area contributed by atoms with Crippen molar-refractivity contribution in [2.45, 2.75) is 24.9 Å². The Hall–Kier alpha value is -1.42. The molecule has 4 heterocycles. The Morgan fingerprint density at radius 3 is 2.87 bits per heavy atom. The number of hydrogen-bond donors (Lipinski definition) is 1. The van der Waals surface area contributed by atoms with E-state index in [0.29, 0.717) is 12.0 Å². The largest absolute Gasteiger partial charge is 0.323 e. The smallest absolute Gasteiger partial charge is 0.0705 e. The van der Waals surface area contributed by atoms with Crippen LogP contribution in [-0.2, 0) is 0 Å².